The van der Waals surface area contributed by atoms with E-state index in [2.05, 4.69) is 4.72 Å². The Labute approximate surface area is 134 Å². The minimum atomic E-state index is -3.97. The van der Waals surface area contributed by atoms with Gasteiger partial charge in [-0.25, -0.2) is 13.1 Å². The Kier molecular flexibility index (Phi) is 4.14. The number of nitrogens with one attached hydrogen (secondary N) is 1. The van der Waals surface area contributed by atoms with Crippen molar-refractivity contribution in [2.75, 3.05) is 0 Å². The van der Waals surface area contributed by atoms with Gasteiger partial charge in [0.15, 0.2) is 4.90 Å². The summed E-state index contributed by atoms with van der Waals surface area (Å²) in [4.78, 5) is 10.1. The number of fused-ring (bicyclic) bond motifs is 1. The molecule has 0 saturated carbocycles. The summed E-state index contributed by atoms with van der Waals surface area (Å²) in [5.74, 6) is 0. The Morgan fingerprint density at radius 2 is 1.78 bits per heavy atom. The van der Waals surface area contributed by atoms with Gasteiger partial charge >= 0.3 is 0 Å². The molecule has 120 valence electrons. The summed E-state index contributed by atoms with van der Waals surface area (Å²) in [5.41, 5.74) is 1.65. The number of hydrogen-bond donors (Lipinski definition) is 1. The van der Waals surface area contributed by atoms with Crippen LogP contribution in [0.15, 0.2) is 53.4 Å². The van der Waals surface area contributed by atoms with Crippen molar-refractivity contribution in [1.82, 2.24) is 4.72 Å². The molecule has 0 fully saturated rings. The van der Waals surface area contributed by atoms with Gasteiger partial charge in [-0.3, -0.25) is 10.1 Å². The lowest BCUT2D eigenvalue weighted by Crippen LogP contribution is -2.31. The van der Waals surface area contributed by atoms with E-state index in [1.807, 2.05) is 24.3 Å². The Morgan fingerprint density at radius 1 is 1.09 bits per heavy atom. The van der Waals surface area contributed by atoms with Gasteiger partial charge in [0.05, 0.1) is 4.92 Å². The van der Waals surface area contributed by atoms with E-state index in [0.717, 1.165) is 24.0 Å². The van der Waals surface area contributed by atoms with Crippen molar-refractivity contribution in [2.24, 2.45) is 0 Å². The van der Waals surface area contributed by atoms with E-state index in [-0.39, 0.29) is 10.9 Å². The van der Waals surface area contributed by atoms with Gasteiger partial charge in [-0.05, 0) is 36.5 Å². The van der Waals surface area contributed by atoms with Crippen LogP contribution in [0.4, 0.5) is 5.69 Å². The molecule has 1 aliphatic carbocycles. The van der Waals surface area contributed by atoms with Crippen molar-refractivity contribution >= 4 is 15.7 Å². The molecule has 6 nitrogen and oxygen atoms in total. The highest BCUT2D eigenvalue weighted by Crippen LogP contribution is 2.32. The van der Waals surface area contributed by atoms with Gasteiger partial charge in [0.25, 0.3) is 5.69 Å². The van der Waals surface area contributed by atoms with Crippen molar-refractivity contribution in [3.63, 3.8) is 0 Å². The number of rotatable bonds is 4. The fourth-order valence-corrected chi connectivity index (χ4v) is 4.38. The molecule has 1 N–H and O–H groups in total. The van der Waals surface area contributed by atoms with Crippen LogP contribution in [0.1, 0.15) is 30.0 Å². The molecule has 2 aromatic carbocycles. The molecule has 0 bridgehead atoms. The number of nitrogens with zero attached hydrogens (tertiary/aromatic N) is 1. The predicted octanol–water partition coefficient (Wildman–Crippen LogP) is 2.95. The maximum atomic E-state index is 12.6. The van der Waals surface area contributed by atoms with E-state index in [4.69, 9.17) is 0 Å². The van der Waals surface area contributed by atoms with E-state index in [1.165, 1.54) is 24.3 Å². The first-order valence-corrected chi connectivity index (χ1v) is 8.81. The monoisotopic (exact) mass is 332 g/mol. The van der Waals surface area contributed by atoms with Crippen LogP contribution in [0.3, 0.4) is 0 Å². The Balaban J connectivity index is 1.96. The van der Waals surface area contributed by atoms with Gasteiger partial charge in [-0.2, -0.15) is 0 Å². The van der Waals surface area contributed by atoms with Crippen molar-refractivity contribution in [2.45, 2.75) is 30.2 Å². The summed E-state index contributed by atoms with van der Waals surface area (Å²) in [7, 11) is -3.97. The van der Waals surface area contributed by atoms with Crippen LogP contribution in [0.5, 0.6) is 0 Å². The molecule has 0 aromatic heterocycles. The van der Waals surface area contributed by atoms with E-state index >= 15 is 0 Å². The molecule has 0 heterocycles. The number of hydrogen-bond acceptors (Lipinski definition) is 4. The number of benzene rings is 2. The van der Waals surface area contributed by atoms with Crippen molar-refractivity contribution < 1.29 is 13.3 Å². The number of nitro groups is 1. The number of sulfonamides is 1. The Morgan fingerprint density at radius 3 is 2.57 bits per heavy atom. The summed E-state index contributed by atoms with van der Waals surface area (Å²) in [6.07, 6.45) is 2.47. The fraction of sp³-hybridized carbons (Fsp3) is 0.250. The zero-order valence-corrected chi connectivity index (χ0v) is 13.1. The van der Waals surface area contributed by atoms with Crippen LogP contribution >= 0.6 is 0 Å². The SMILES string of the molecule is O=[N+]([O-])c1ccccc1S(=O)(=O)N[C@H]1CCCc2ccccc21. The van der Waals surface area contributed by atoms with Gasteiger partial charge in [-0.15, -0.1) is 0 Å². The van der Waals surface area contributed by atoms with E-state index < -0.39 is 20.6 Å². The average Bonchev–Trinajstić information content (AvgIpc) is 2.55. The maximum Gasteiger partial charge on any atom is 0.289 e. The van der Waals surface area contributed by atoms with E-state index in [9.17, 15) is 18.5 Å². The zero-order chi connectivity index (χ0) is 16.4. The molecule has 2 aromatic rings. The smallest absolute Gasteiger partial charge is 0.258 e. The molecular weight excluding hydrogens is 316 g/mol. The average molecular weight is 332 g/mol. The molecule has 0 unspecified atom stereocenters. The molecule has 3 rings (SSSR count). The predicted molar refractivity (Wildman–Crippen MR) is 85.5 cm³/mol. The third-order valence-electron chi connectivity index (χ3n) is 4.02. The molecule has 0 aliphatic heterocycles. The molecule has 1 aliphatic rings. The normalized spacial score (nSPS) is 17.5. The molecule has 23 heavy (non-hydrogen) atoms. The Hall–Kier alpha value is -2.25. The molecule has 0 spiro atoms. The van der Waals surface area contributed by atoms with Crippen molar-refractivity contribution in [1.29, 1.82) is 0 Å². The first-order chi connectivity index (χ1) is 11.0. The summed E-state index contributed by atoms with van der Waals surface area (Å²) in [6.45, 7) is 0. The minimum absolute atomic E-state index is 0.298. The van der Waals surface area contributed by atoms with Gasteiger partial charge < -0.3 is 0 Å². The number of para-hydroxylation sites is 1. The van der Waals surface area contributed by atoms with Crippen LogP contribution in [0.25, 0.3) is 0 Å². The molecule has 0 radical (unpaired) electrons. The topological polar surface area (TPSA) is 89.3 Å². The standard InChI is InChI=1S/C16H16N2O4S/c19-18(20)15-10-3-4-11-16(15)23(21,22)17-14-9-5-7-12-6-1-2-8-13(12)14/h1-4,6,8,10-11,14,17H,5,7,9H2/t14-/m0/s1. The minimum Gasteiger partial charge on any atom is -0.258 e. The quantitative estimate of drug-likeness (QED) is 0.688. The number of aryl methyl sites for hydroxylation is 1. The van der Waals surface area contributed by atoms with Gasteiger partial charge in [-0.1, -0.05) is 36.4 Å². The third-order valence-corrected chi connectivity index (χ3v) is 5.54. The summed E-state index contributed by atoms with van der Waals surface area (Å²) < 4.78 is 27.9. The largest absolute Gasteiger partial charge is 0.289 e. The van der Waals surface area contributed by atoms with E-state index in [1.54, 1.807) is 0 Å². The third kappa shape index (κ3) is 3.11. The lowest BCUT2D eigenvalue weighted by Gasteiger charge is -2.26. The summed E-state index contributed by atoms with van der Waals surface area (Å²) in [6, 6.07) is 12.7. The molecule has 7 heteroatoms. The molecular formula is C16H16N2O4S. The second-order valence-corrected chi connectivity index (χ2v) is 7.17. The van der Waals surface area contributed by atoms with Crippen molar-refractivity contribution in [3.05, 3.63) is 69.8 Å². The van der Waals surface area contributed by atoms with Crippen LogP contribution in [0, 0.1) is 10.1 Å². The highest BCUT2D eigenvalue weighted by Gasteiger charge is 2.30. The zero-order valence-electron chi connectivity index (χ0n) is 12.3. The summed E-state index contributed by atoms with van der Waals surface area (Å²) >= 11 is 0. The first kappa shape index (κ1) is 15.6. The lowest BCUT2D eigenvalue weighted by atomic mass is 9.88. The Bertz CT molecular complexity index is 849. The second kappa shape index (κ2) is 6.10. The molecule has 1 atom stereocenters. The summed E-state index contributed by atoms with van der Waals surface area (Å²) in [5, 5.41) is 11.1. The van der Waals surface area contributed by atoms with E-state index in [0.29, 0.717) is 6.42 Å². The lowest BCUT2D eigenvalue weighted by molar-refractivity contribution is -0.387. The highest BCUT2D eigenvalue weighted by molar-refractivity contribution is 7.89. The molecule has 0 saturated heterocycles. The maximum absolute atomic E-state index is 12.6. The first-order valence-electron chi connectivity index (χ1n) is 7.32. The van der Waals surface area contributed by atoms with Crippen LogP contribution in [-0.4, -0.2) is 13.3 Å². The van der Waals surface area contributed by atoms with Gasteiger partial charge in [0.2, 0.25) is 10.0 Å². The fourth-order valence-electron chi connectivity index (χ4n) is 2.96. The second-order valence-electron chi connectivity index (χ2n) is 5.49. The number of nitro benzene ring substituents is 1. The van der Waals surface area contributed by atoms with Crippen LogP contribution < -0.4 is 4.72 Å². The van der Waals surface area contributed by atoms with Gasteiger partial charge in [0, 0.05) is 12.1 Å². The van der Waals surface area contributed by atoms with Crippen molar-refractivity contribution in [3.8, 4) is 0 Å². The van der Waals surface area contributed by atoms with Gasteiger partial charge in [0.1, 0.15) is 0 Å². The molecule has 0 amide bonds. The highest BCUT2D eigenvalue weighted by atomic mass is 32.2. The van der Waals surface area contributed by atoms with Crippen LogP contribution in [0.2, 0.25) is 0 Å². The van der Waals surface area contributed by atoms with Crippen LogP contribution in [-0.2, 0) is 16.4 Å².